The van der Waals surface area contributed by atoms with E-state index in [0.717, 1.165) is 18.6 Å². The zero-order valence-electron chi connectivity index (χ0n) is 9.54. The fourth-order valence-corrected chi connectivity index (χ4v) is 2.71. The molecule has 96 valence electrons. The topological polar surface area (TPSA) is 34.1 Å². The van der Waals surface area contributed by atoms with Crippen LogP contribution in [0.5, 0.6) is 5.75 Å². The third-order valence-electron chi connectivity index (χ3n) is 3.38. The van der Waals surface area contributed by atoms with E-state index in [2.05, 4.69) is 10.3 Å². The predicted octanol–water partition coefficient (Wildman–Crippen LogP) is 2.59. The summed E-state index contributed by atoms with van der Waals surface area (Å²) in [5, 5.41) is 3.61. The Morgan fingerprint density at radius 2 is 1.65 bits per heavy atom. The number of nitrogens with one attached hydrogen (secondary N) is 1. The van der Waals surface area contributed by atoms with Crippen LogP contribution in [0, 0.1) is 0 Å². The Balaban J connectivity index is 0.000000722. The second kappa shape index (κ2) is 6.43. The highest BCUT2D eigenvalue weighted by Gasteiger charge is 2.34. The highest BCUT2D eigenvalue weighted by Crippen LogP contribution is 2.29. The number of pyridine rings is 1. The summed E-state index contributed by atoms with van der Waals surface area (Å²) >= 11 is 0. The van der Waals surface area contributed by atoms with Crippen molar-refractivity contribution in [2.75, 3.05) is 0 Å². The van der Waals surface area contributed by atoms with E-state index in [0.29, 0.717) is 18.2 Å². The number of nitrogens with zero attached hydrogens (tertiary/aromatic N) is 1. The van der Waals surface area contributed by atoms with E-state index in [1.54, 1.807) is 12.4 Å². The minimum absolute atomic E-state index is 0. The second-order valence-electron chi connectivity index (χ2n) is 4.53. The molecule has 2 aliphatic heterocycles. The number of hydrogen-bond donors (Lipinski definition) is 1. The Kier molecular flexibility index (Phi) is 5.50. The summed E-state index contributed by atoms with van der Waals surface area (Å²) in [6.45, 7) is 0. The van der Waals surface area contributed by atoms with Crippen molar-refractivity contribution >= 4 is 24.8 Å². The Hall–Kier alpha value is -0.510. The number of aromatic nitrogens is 1. The zero-order chi connectivity index (χ0) is 10.1. The molecule has 2 fully saturated rings. The van der Waals surface area contributed by atoms with Crippen LogP contribution in [-0.2, 0) is 0 Å². The maximum absolute atomic E-state index is 5.96. The second-order valence-corrected chi connectivity index (χ2v) is 4.53. The van der Waals surface area contributed by atoms with E-state index in [-0.39, 0.29) is 24.8 Å². The number of hydrogen-bond acceptors (Lipinski definition) is 3. The molecule has 5 heteroatoms. The van der Waals surface area contributed by atoms with Gasteiger partial charge in [-0.05, 0) is 37.8 Å². The first-order chi connectivity index (χ1) is 7.40. The predicted molar refractivity (Wildman–Crippen MR) is 72.3 cm³/mol. The minimum atomic E-state index is 0. The van der Waals surface area contributed by atoms with Crippen molar-refractivity contribution in [1.29, 1.82) is 0 Å². The van der Waals surface area contributed by atoms with E-state index in [4.69, 9.17) is 4.74 Å². The fraction of sp³-hybridized carbons (Fsp3) is 0.583. The van der Waals surface area contributed by atoms with Crippen LogP contribution in [0.25, 0.3) is 0 Å². The maximum Gasteiger partial charge on any atom is 0.122 e. The number of fused-ring (bicyclic) bond motifs is 2. The zero-order valence-corrected chi connectivity index (χ0v) is 11.2. The molecule has 1 aromatic rings. The largest absolute Gasteiger partial charge is 0.490 e. The SMILES string of the molecule is Cl.Cl.c1cc(OC2C[C@H]3CC[C@@H](C2)N3)ccn1. The van der Waals surface area contributed by atoms with Gasteiger partial charge in [0.25, 0.3) is 0 Å². The van der Waals surface area contributed by atoms with Crippen molar-refractivity contribution in [3.05, 3.63) is 24.5 Å². The molecule has 2 saturated heterocycles. The quantitative estimate of drug-likeness (QED) is 0.902. The fourth-order valence-electron chi connectivity index (χ4n) is 2.71. The van der Waals surface area contributed by atoms with Gasteiger partial charge in [-0.3, -0.25) is 4.98 Å². The van der Waals surface area contributed by atoms with Crippen LogP contribution in [-0.4, -0.2) is 23.2 Å². The standard InChI is InChI=1S/C12H16N2O.2ClH/c1-2-10-8-12(7-9(1)14-10)15-11-3-5-13-6-4-11;;/h3-6,9-10,12,14H,1-2,7-8H2;2*1H/t9-,10+,12?;;. The van der Waals surface area contributed by atoms with Gasteiger partial charge in [-0.15, -0.1) is 24.8 Å². The van der Waals surface area contributed by atoms with Gasteiger partial charge in [0.1, 0.15) is 11.9 Å². The molecule has 0 aliphatic carbocycles. The van der Waals surface area contributed by atoms with Gasteiger partial charge in [0, 0.05) is 24.5 Å². The van der Waals surface area contributed by atoms with Gasteiger partial charge in [-0.2, -0.15) is 0 Å². The maximum atomic E-state index is 5.96. The normalized spacial score (nSPS) is 30.0. The Morgan fingerprint density at radius 3 is 2.24 bits per heavy atom. The number of halogens is 2. The van der Waals surface area contributed by atoms with Gasteiger partial charge in [-0.25, -0.2) is 0 Å². The average molecular weight is 277 g/mol. The Bertz CT molecular complexity index is 325. The lowest BCUT2D eigenvalue weighted by Crippen LogP contribution is -2.42. The molecule has 3 atom stereocenters. The number of ether oxygens (including phenoxy) is 1. The molecule has 3 heterocycles. The lowest BCUT2D eigenvalue weighted by atomic mass is 10.0. The number of rotatable bonds is 2. The van der Waals surface area contributed by atoms with Crippen LogP contribution < -0.4 is 10.1 Å². The van der Waals surface area contributed by atoms with Gasteiger partial charge < -0.3 is 10.1 Å². The smallest absolute Gasteiger partial charge is 0.122 e. The molecule has 17 heavy (non-hydrogen) atoms. The first kappa shape index (κ1) is 14.6. The van der Waals surface area contributed by atoms with Crippen molar-refractivity contribution in [3.63, 3.8) is 0 Å². The number of piperidine rings is 1. The van der Waals surface area contributed by atoms with Crippen LogP contribution >= 0.6 is 24.8 Å². The summed E-state index contributed by atoms with van der Waals surface area (Å²) in [5.41, 5.74) is 0. The lowest BCUT2D eigenvalue weighted by molar-refractivity contribution is 0.137. The van der Waals surface area contributed by atoms with Crippen LogP contribution in [0.2, 0.25) is 0 Å². The van der Waals surface area contributed by atoms with Crippen LogP contribution in [0.3, 0.4) is 0 Å². The Morgan fingerprint density at radius 1 is 1.06 bits per heavy atom. The average Bonchev–Trinajstić information content (AvgIpc) is 2.60. The van der Waals surface area contributed by atoms with Crippen LogP contribution in [0.1, 0.15) is 25.7 Å². The highest BCUT2D eigenvalue weighted by atomic mass is 35.5. The van der Waals surface area contributed by atoms with Crippen molar-refractivity contribution in [1.82, 2.24) is 10.3 Å². The first-order valence-corrected chi connectivity index (χ1v) is 5.73. The van der Waals surface area contributed by atoms with Crippen molar-refractivity contribution in [2.45, 2.75) is 43.9 Å². The molecular formula is C12H18Cl2N2O. The summed E-state index contributed by atoms with van der Waals surface area (Å²) in [7, 11) is 0. The molecule has 0 spiro atoms. The Labute approximate surface area is 114 Å². The van der Waals surface area contributed by atoms with Gasteiger partial charge in [0.05, 0.1) is 0 Å². The van der Waals surface area contributed by atoms with Crippen molar-refractivity contribution < 1.29 is 4.74 Å². The van der Waals surface area contributed by atoms with Gasteiger partial charge in [0.15, 0.2) is 0 Å². The van der Waals surface area contributed by atoms with Crippen LogP contribution in [0.15, 0.2) is 24.5 Å². The summed E-state index contributed by atoms with van der Waals surface area (Å²) in [5.74, 6) is 0.955. The van der Waals surface area contributed by atoms with E-state index in [1.165, 1.54) is 12.8 Å². The first-order valence-electron chi connectivity index (χ1n) is 5.73. The summed E-state index contributed by atoms with van der Waals surface area (Å²) in [6, 6.07) is 5.25. The monoisotopic (exact) mass is 276 g/mol. The van der Waals surface area contributed by atoms with E-state index >= 15 is 0 Å². The molecule has 1 aromatic heterocycles. The minimum Gasteiger partial charge on any atom is -0.490 e. The molecule has 0 amide bonds. The summed E-state index contributed by atoms with van der Waals surface area (Å²) in [6.07, 6.45) is 8.90. The van der Waals surface area contributed by atoms with Crippen LogP contribution in [0.4, 0.5) is 0 Å². The molecular weight excluding hydrogens is 259 g/mol. The highest BCUT2D eigenvalue weighted by molar-refractivity contribution is 5.85. The van der Waals surface area contributed by atoms with Gasteiger partial charge in [-0.1, -0.05) is 0 Å². The third-order valence-corrected chi connectivity index (χ3v) is 3.38. The van der Waals surface area contributed by atoms with Crippen molar-refractivity contribution in [3.8, 4) is 5.75 Å². The molecule has 3 nitrogen and oxygen atoms in total. The molecule has 0 saturated carbocycles. The summed E-state index contributed by atoms with van der Waals surface area (Å²) < 4.78 is 5.96. The molecule has 2 aliphatic rings. The van der Waals surface area contributed by atoms with Gasteiger partial charge >= 0.3 is 0 Å². The third kappa shape index (κ3) is 3.47. The molecule has 2 bridgehead atoms. The van der Waals surface area contributed by atoms with Crippen molar-refractivity contribution in [2.24, 2.45) is 0 Å². The van der Waals surface area contributed by atoms with Gasteiger partial charge in [0.2, 0.25) is 0 Å². The van der Waals surface area contributed by atoms with E-state index in [1.807, 2.05) is 12.1 Å². The van der Waals surface area contributed by atoms with E-state index < -0.39 is 0 Å². The van der Waals surface area contributed by atoms with E-state index in [9.17, 15) is 0 Å². The molecule has 0 aromatic carbocycles. The summed E-state index contributed by atoms with van der Waals surface area (Å²) in [4.78, 5) is 3.99. The molecule has 0 radical (unpaired) electrons. The molecule has 3 rings (SSSR count). The molecule has 1 N–H and O–H groups in total. The molecule has 1 unspecified atom stereocenters. The lowest BCUT2D eigenvalue weighted by Gasteiger charge is -2.29.